The number of fused-ring (bicyclic) bond motifs is 1. The lowest BCUT2D eigenvalue weighted by atomic mass is 9.53. The molecule has 4 fully saturated rings. The van der Waals surface area contributed by atoms with E-state index in [1.54, 1.807) is 12.1 Å². The van der Waals surface area contributed by atoms with E-state index in [0.29, 0.717) is 34.4 Å². The Labute approximate surface area is 201 Å². The van der Waals surface area contributed by atoms with Crippen LogP contribution in [-0.4, -0.2) is 21.6 Å². The average Bonchev–Trinajstić information content (AvgIpc) is 2.81. The summed E-state index contributed by atoms with van der Waals surface area (Å²) in [6.45, 7) is 0. The van der Waals surface area contributed by atoms with E-state index in [0.717, 1.165) is 30.0 Å². The van der Waals surface area contributed by atoms with E-state index < -0.39 is 4.92 Å². The summed E-state index contributed by atoms with van der Waals surface area (Å²) in [7, 11) is 1.43. The predicted octanol–water partition coefficient (Wildman–Crippen LogP) is 5.53. The summed E-state index contributed by atoms with van der Waals surface area (Å²) in [6, 6.07) is 12.6. The molecule has 0 aliphatic heterocycles. The molecule has 0 unspecified atom stereocenters. The smallest absolute Gasteiger partial charge is 0.311 e. The number of benzene rings is 2. The molecular weight excluding hydrogens is 450 g/mol. The van der Waals surface area contributed by atoms with Gasteiger partial charge in [0.15, 0.2) is 10.9 Å². The highest BCUT2D eigenvalue weighted by atomic mass is 32.2. The van der Waals surface area contributed by atoms with E-state index in [2.05, 4.69) is 0 Å². The summed E-state index contributed by atoms with van der Waals surface area (Å²) in [5.74, 6) is 2.83. The van der Waals surface area contributed by atoms with Gasteiger partial charge in [0, 0.05) is 11.8 Å². The molecule has 0 atom stereocenters. The van der Waals surface area contributed by atoms with Crippen molar-refractivity contribution in [2.75, 3.05) is 7.11 Å². The fourth-order valence-corrected chi connectivity index (χ4v) is 8.13. The normalized spacial score (nSPS) is 27.3. The SMILES string of the molecule is COc1ccc(CSc2nc3ccccc3c(=O)n2C23CC4CC(CC(C4)C2)C3)cc1[N+](=O)[O-]. The van der Waals surface area contributed by atoms with Crippen molar-refractivity contribution >= 4 is 28.4 Å². The zero-order valence-electron chi connectivity index (χ0n) is 19.1. The number of nitro benzene ring substituents is 1. The van der Waals surface area contributed by atoms with Gasteiger partial charge in [0.05, 0.1) is 28.5 Å². The average molecular weight is 478 g/mol. The second-order valence-corrected chi connectivity index (χ2v) is 11.2. The van der Waals surface area contributed by atoms with E-state index in [9.17, 15) is 14.9 Å². The highest BCUT2D eigenvalue weighted by molar-refractivity contribution is 7.98. The summed E-state index contributed by atoms with van der Waals surface area (Å²) >= 11 is 1.50. The van der Waals surface area contributed by atoms with Crippen molar-refractivity contribution in [2.45, 2.75) is 55.0 Å². The maximum absolute atomic E-state index is 13.9. The van der Waals surface area contributed by atoms with Gasteiger partial charge in [-0.25, -0.2) is 4.98 Å². The van der Waals surface area contributed by atoms with Gasteiger partial charge < -0.3 is 4.74 Å². The van der Waals surface area contributed by atoms with Crippen molar-refractivity contribution in [1.29, 1.82) is 0 Å². The number of para-hydroxylation sites is 1. The Morgan fingerprint density at radius 2 is 1.79 bits per heavy atom. The minimum absolute atomic E-state index is 0.0504. The third-order valence-electron chi connectivity index (χ3n) is 8.03. The predicted molar refractivity (Wildman–Crippen MR) is 131 cm³/mol. The lowest BCUT2D eigenvalue weighted by molar-refractivity contribution is -0.385. The van der Waals surface area contributed by atoms with Crippen molar-refractivity contribution in [3.8, 4) is 5.75 Å². The highest BCUT2D eigenvalue weighted by Gasteiger charge is 2.53. The summed E-state index contributed by atoms with van der Waals surface area (Å²) in [4.78, 5) is 29.9. The molecule has 176 valence electrons. The van der Waals surface area contributed by atoms with Gasteiger partial charge in [0.25, 0.3) is 5.56 Å². The first-order valence-electron chi connectivity index (χ1n) is 11.9. The quantitative estimate of drug-likeness (QED) is 0.201. The fourth-order valence-electron chi connectivity index (χ4n) is 7.08. The number of hydrogen-bond donors (Lipinski definition) is 0. The Bertz CT molecular complexity index is 1320. The number of rotatable bonds is 6. The minimum atomic E-state index is -0.424. The molecule has 4 bridgehead atoms. The summed E-state index contributed by atoms with van der Waals surface area (Å²) in [6.07, 6.45) is 7.06. The molecule has 1 heterocycles. The number of ether oxygens (including phenoxy) is 1. The molecule has 0 saturated heterocycles. The van der Waals surface area contributed by atoms with Crippen molar-refractivity contribution < 1.29 is 9.66 Å². The van der Waals surface area contributed by atoms with E-state index in [4.69, 9.17) is 9.72 Å². The van der Waals surface area contributed by atoms with E-state index >= 15 is 0 Å². The van der Waals surface area contributed by atoms with E-state index in [-0.39, 0.29) is 22.5 Å². The number of nitro groups is 1. The first-order valence-corrected chi connectivity index (χ1v) is 12.9. The Morgan fingerprint density at radius 3 is 2.44 bits per heavy atom. The molecule has 34 heavy (non-hydrogen) atoms. The maximum Gasteiger partial charge on any atom is 0.311 e. The van der Waals surface area contributed by atoms with Crippen LogP contribution < -0.4 is 10.3 Å². The zero-order valence-corrected chi connectivity index (χ0v) is 19.9. The van der Waals surface area contributed by atoms with Crippen LogP contribution in [0.25, 0.3) is 10.9 Å². The van der Waals surface area contributed by atoms with Crippen LogP contribution in [0, 0.1) is 27.9 Å². The van der Waals surface area contributed by atoms with Gasteiger partial charge in [0.2, 0.25) is 0 Å². The first-order chi connectivity index (χ1) is 16.5. The monoisotopic (exact) mass is 477 g/mol. The molecule has 4 saturated carbocycles. The molecule has 1 aromatic heterocycles. The van der Waals surface area contributed by atoms with Crippen molar-refractivity contribution in [3.63, 3.8) is 0 Å². The number of hydrogen-bond acceptors (Lipinski definition) is 6. The molecule has 3 aromatic rings. The Hall–Kier alpha value is -2.87. The molecule has 0 amide bonds. The van der Waals surface area contributed by atoms with E-state index in [1.165, 1.54) is 38.1 Å². The van der Waals surface area contributed by atoms with Gasteiger partial charge in [0.1, 0.15) is 0 Å². The van der Waals surface area contributed by atoms with Crippen LogP contribution in [0.1, 0.15) is 44.1 Å². The Kier molecular flexibility index (Phi) is 5.17. The lowest BCUT2D eigenvalue weighted by Gasteiger charge is -2.57. The van der Waals surface area contributed by atoms with Crippen LogP contribution in [0.3, 0.4) is 0 Å². The Balaban J connectivity index is 1.42. The number of aromatic nitrogens is 2. The largest absolute Gasteiger partial charge is 0.490 e. The van der Waals surface area contributed by atoms with Crippen molar-refractivity contribution in [2.24, 2.45) is 17.8 Å². The van der Waals surface area contributed by atoms with Crippen LogP contribution in [0.15, 0.2) is 52.4 Å². The van der Waals surface area contributed by atoms with Gasteiger partial charge in [-0.3, -0.25) is 19.5 Å². The van der Waals surface area contributed by atoms with Crippen molar-refractivity contribution in [1.82, 2.24) is 9.55 Å². The molecule has 4 aliphatic carbocycles. The van der Waals surface area contributed by atoms with E-state index in [1.807, 2.05) is 34.9 Å². The van der Waals surface area contributed by atoms with Gasteiger partial charge in [-0.1, -0.05) is 30.0 Å². The van der Waals surface area contributed by atoms with Crippen LogP contribution in [0.4, 0.5) is 5.69 Å². The molecule has 4 aliphatic rings. The molecule has 0 N–H and O–H groups in total. The summed E-state index contributed by atoms with van der Waals surface area (Å²) in [5, 5.41) is 12.9. The fraction of sp³-hybridized carbons (Fsp3) is 0.462. The van der Waals surface area contributed by atoms with Crippen molar-refractivity contribution in [3.05, 3.63) is 68.5 Å². The first kappa shape index (κ1) is 21.6. The zero-order chi connectivity index (χ0) is 23.4. The van der Waals surface area contributed by atoms with Gasteiger partial charge in [-0.05, 0) is 80.0 Å². The molecular formula is C26H27N3O4S. The van der Waals surface area contributed by atoms with Gasteiger partial charge in [-0.2, -0.15) is 0 Å². The van der Waals surface area contributed by atoms with Crippen LogP contribution in [-0.2, 0) is 11.3 Å². The topological polar surface area (TPSA) is 87.3 Å². The standard InChI is InChI=1S/C26H27N3O4S/c1-33-23-7-6-16(11-22(23)29(31)32)15-34-25-27-21-5-3-2-4-20(21)24(30)28(25)26-12-17-8-18(13-26)10-19(9-17)14-26/h2-7,11,17-19H,8-10,12-15H2,1H3. The van der Waals surface area contributed by atoms with Crippen LogP contribution in [0.5, 0.6) is 5.75 Å². The van der Waals surface area contributed by atoms with Gasteiger partial charge in [-0.15, -0.1) is 0 Å². The number of nitrogens with zero attached hydrogens (tertiary/aromatic N) is 3. The third kappa shape index (κ3) is 3.50. The number of methoxy groups -OCH3 is 1. The third-order valence-corrected chi connectivity index (χ3v) is 9.04. The lowest BCUT2D eigenvalue weighted by Crippen LogP contribution is -2.55. The Morgan fingerprint density at radius 1 is 1.12 bits per heavy atom. The number of thioether (sulfide) groups is 1. The minimum Gasteiger partial charge on any atom is -0.490 e. The second kappa shape index (κ2) is 8.12. The molecule has 7 rings (SSSR count). The van der Waals surface area contributed by atoms with Gasteiger partial charge >= 0.3 is 5.69 Å². The maximum atomic E-state index is 13.9. The van der Waals surface area contributed by atoms with Crippen LogP contribution in [0.2, 0.25) is 0 Å². The molecule has 8 heteroatoms. The molecule has 2 aromatic carbocycles. The summed E-state index contributed by atoms with van der Waals surface area (Å²) < 4.78 is 7.17. The van der Waals surface area contributed by atoms with Crippen LogP contribution >= 0.6 is 11.8 Å². The molecule has 7 nitrogen and oxygen atoms in total. The molecule has 0 radical (unpaired) electrons. The summed E-state index contributed by atoms with van der Waals surface area (Å²) in [5.41, 5.74) is 1.35. The highest BCUT2D eigenvalue weighted by Crippen LogP contribution is 2.59. The molecule has 0 spiro atoms. The second-order valence-electron chi connectivity index (χ2n) is 10.2.